The lowest BCUT2D eigenvalue weighted by Crippen LogP contribution is -2.23. The number of hydrogen-bond acceptors (Lipinski definition) is 0. The average Bonchev–Trinajstić information content (AvgIpc) is 2.58. The lowest BCUT2D eigenvalue weighted by molar-refractivity contribution is 0.268. The minimum absolute atomic E-state index is 0.752. The summed E-state index contributed by atoms with van der Waals surface area (Å²) in [6, 6.07) is 0. The number of hydrogen-bond donors (Lipinski definition) is 0. The van der Waals surface area contributed by atoms with Gasteiger partial charge in [-0.25, -0.2) is 0 Å². The molecule has 0 heterocycles. The van der Waals surface area contributed by atoms with Gasteiger partial charge in [0, 0.05) is 0 Å². The summed E-state index contributed by atoms with van der Waals surface area (Å²) < 4.78 is 0. The fraction of sp³-hybridized carbons (Fsp3) is 0.733. The van der Waals surface area contributed by atoms with Gasteiger partial charge in [-0.1, -0.05) is 30.2 Å². The second kappa shape index (κ2) is 1.99. The molecule has 0 aliphatic heterocycles. The average molecular weight is 198 g/mol. The first-order chi connectivity index (χ1) is 7.32. The molecule has 0 radical (unpaired) electrons. The van der Waals surface area contributed by atoms with Gasteiger partial charge in [0.1, 0.15) is 0 Å². The monoisotopic (exact) mass is 198 g/mol. The number of allylic oxidation sites excluding steroid dienone is 4. The van der Waals surface area contributed by atoms with Gasteiger partial charge in [0.05, 0.1) is 0 Å². The molecule has 6 atom stereocenters. The Morgan fingerprint density at radius 3 is 2.67 bits per heavy atom. The van der Waals surface area contributed by atoms with E-state index in [0.717, 1.165) is 35.0 Å². The van der Waals surface area contributed by atoms with Gasteiger partial charge in [-0.05, 0) is 60.7 Å². The Hall–Kier alpha value is -0.520. The predicted molar refractivity (Wildman–Crippen MR) is 60.2 cm³/mol. The van der Waals surface area contributed by atoms with Crippen LogP contribution in [0.3, 0.4) is 0 Å². The maximum Gasteiger partial charge on any atom is -0.00166 e. The first-order valence-electron chi connectivity index (χ1n) is 6.73. The van der Waals surface area contributed by atoms with E-state index in [9.17, 15) is 0 Å². The molecule has 1 spiro atoms. The normalized spacial score (nSPS) is 62.3. The van der Waals surface area contributed by atoms with Crippen molar-refractivity contribution in [3.63, 3.8) is 0 Å². The molecule has 0 heteroatoms. The summed E-state index contributed by atoms with van der Waals surface area (Å²) >= 11 is 0. The highest BCUT2D eigenvalue weighted by molar-refractivity contribution is 5.49. The number of rotatable bonds is 0. The maximum absolute atomic E-state index is 2.56. The summed E-state index contributed by atoms with van der Waals surface area (Å²) in [5.74, 6) is 5.03. The van der Waals surface area contributed by atoms with Gasteiger partial charge in [-0.3, -0.25) is 0 Å². The number of fused-ring (bicyclic) bond motifs is 8. The minimum Gasteiger partial charge on any atom is -0.0848 e. The zero-order chi connectivity index (χ0) is 9.78. The lowest BCUT2D eigenvalue weighted by atomic mass is 9.75. The lowest BCUT2D eigenvalue weighted by Gasteiger charge is -2.28. The van der Waals surface area contributed by atoms with E-state index < -0.39 is 0 Å². The Morgan fingerprint density at radius 2 is 2.00 bits per heavy atom. The van der Waals surface area contributed by atoms with Gasteiger partial charge >= 0.3 is 0 Å². The van der Waals surface area contributed by atoms with E-state index in [-0.39, 0.29) is 0 Å². The van der Waals surface area contributed by atoms with Crippen molar-refractivity contribution in [2.75, 3.05) is 0 Å². The summed E-state index contributed by atoms with van der Waals surface area (Å²) in [6.07, 6.45) is 11.1. The molecule has 0 N–H and O–H groups in total. The van der Waals surface area contributed by atoms with Crippen LogP contribution in [-0.2, 0) is 0 Å². The molecule has 15 heavy (non-hydrogen) atoms. The second-order valence-electron chi connectivity index (χ2n) is 6.65. The molecule has 5 rings (SSSR count). The molecular formula is C15H18. The second-order valence-corrected chi connectivity index (χ2v) is 6.65. The van der Waals surface area contributed by atoms with Crippen LogP contribution >= 0.6 is 0 Å². The van der Waals surface area contributed by atoms with E-state index in [2.05, 4.69) is 19.1 Å². The van der Waals surface area contributed by atoms with Crippen molar-refractivity contribution >= 4 is 0 Å². The summed E-state index contributed by atoms with van der Waals surface area (Å²) in [4.78, 5) is 0. The molecule has 0 nitrogen and oxygen atoms in total. The van der Waals surface area contributed by atoms with E-state index >= 15 is 0 Å². The van der Waals surface area contributed by atoms with Crippen LogP contribution in [-0.4, -0.2) is 0 Å². The smallest absolute Gasteiger partial charge is 0.00166 e. The third kappa shape index (κ3) is 0.599. The van der Waals surface area contributed by atoms with Crippen LogP contribution in [0.15, 0.2) is 23.3 Å². The zero-order valence-corrected chi connectivity index (χ0v) is 9.37. The van der Waals surface area contributed by atoms with Crippen molar-refractivity contribution < 1.29 is 0 Å². The summed E-state index contributed by atoms with van der Waals surface area (Å²) in [6.45, 7) is 2.50. The molecule has 0 aromatic rings. The molecule has 0 saturated heterocycles. The van der Waals surface area contributed by atoms with E-state index in [4.69, 9.17) is 0 Å². The third-order valence-corrected chi connectivity index (χ3v) is 6.41. The molecule has 78 valence electrons. The van der Waals surface area contributed by atoms with Crippen LogP contribution < -0.4 is 0 Å². The van der Waals surface area contributed by atoms with Crippen molar-refractivity contribution in [3.8, 4) is 0 Å². The molecule has 5 aliphatic carbocycles. The van der Waals surface area contributed by atoms with Crippen molar-refractivity contribution in [3.05, 3.63) is 23.3 Å². The van der Waals surface area contributed by atoms with Crippen LogP contribution in [0.25, 0.3) is 0 Å². The Balaban J connectivity index is 1.73. The Labute approximate surface area is 91.4 Å². The van der Waals surface area contributed by atoms with Gasteiger partial charge in [0.25, 0.3) is 0 Å². The standard InChI is InChI=1S/C15H18/c1-8-7-15(8)12-5-4-11(12)13-9-2-3-10(6-9)14(13)15/h2-3,8-10,13-14H,4-7H2,1H3. The quantitative estimate of drug-likeness (QED) is 0.522. The minimum atomic E-state index is 0.752. The zero-order valence-electron chi connectivity index (χ0n) is 9.37. The summed E-state index contributed by atoms with van der Waals surface area (Å²) in [7, 11) is 0. The molecule has 0 aromatic carbocycles. The van der Waals surface area contributed by atoms with Gasteiger partial charge in [-0.15, -0.1) is 0 Å². The van der Waals surface area contributed by atoms with Crippen molar-refractivity contribution in [1.82, 2.24) is 0 Å². The summed E-state index contributed by atoms with van der Waals surface area (Å²) in [5, 5.41) is 0. The first-order valence-corrected chi connectivity index (χ1v) is 6.73. The Bertz CT molecular complexity index is 427. The van der Waals surface area contributed by atoms with Gasteiger partial charge < -0.3 is 0 Å². The Kier molecular flexibility index (Phi) is 1.02. The topological polar surface area (TPSA) is 0 Å². The highest BCUT2D eigenvalue weighted by Gasteiger charge is 2.71. The highest BCUT2D eigenvalue weighted by atomic mass is 14.7. The maximum atomic E-state index is 2.56. The third-order valence-electron chi connectivity index (χ3n) is 6.41. The van der Waals surface area contributed by atoms with Crippen molar-refractivity contribution in [2.24, 2.45) is 35.0 Å². The molecule has 0 aromatic heterocycles. The summed E-state index contributed by atoms with van der Waals surface area (Å²) in [5.41, 5.74) is 4.66. The molecule has 6 unspecified atom stereocenters. The molecule has 2 fully saturated rings. The van der Waals surface area contributed by atoms with Crippen LogP contribution in [0.5, 0.6) is 0 Å². The van der Waals surface area contributed by atoms with Gasteiger partial charge in [-0.2, -0.15) is 0 Å². The Morgan fingerprint density at radius 1 is 1.20 bits per heavy atom. The molecule has 5 aliphatic rings. The van der Waals surface area contributed by atoms with E-state index in [1.54, 1.807) is 0 Å². The van der Waals surface area contributed by atoms with Crippen LogP contribution in [0.2, 0.25) is 0 Å². The van der Waals surface area contributed by atoms with Crippen molar-refractivity contribution in [2.45, 2.75) is 32.6 Å². The van der Waals surface area contributed by atoms with Gasteiger partial charge in [0.2, 0.25) is 0 Å². The van der Waals surface area contributed by atoms with E-state index in [0.29, 0.717) is 0 Å². The fourth-order valence-corrected chi connectivity index (χ4v) is 5.83. The van der Waals surface area contributed by atoms with E-state index in [1.807, 2.05) is 11.1 Å². The molecule has 2 saturated carbocycles. The predicted octanol–water partition coefficient (Wildman–Crippen LogP) is 3.55. The van der Waals surface area contributed by atoms with Crippen LogP contribution in [0, 0.1) is 35.0 Å². The largest absolute Gasteiger partial charge is 0.0848 e. The van der Waals surface area contributed by atoms with Crippen molar-refractivity contribution in [1.29, 1.82) is 0 Å². The molecule has 2 bridgehead atoms. The van der Waals surface area contributed by atoms with E-state index in [1.165, 1.54) is 25.7 Å². The van der Waals surface area contributed by atoms with Gasteiger partial charge in [0.15, 0.2) is 0 Å². The molecule has 0 amide bonds. The fourth-order valence-electron chi connectivity index (χ4n) is 5.83. The highest BCUT2D eigenvalue weighted by Crippen LogP contribution is 2.79. The van der Waals surface area contributed by atoms with Crippen LogP contribution in [0.1, 0.15) is 32.6 Å². The molecular weight excluding hydrogens is 180 g/mol. The first kappa shape index (κ1) is 7.70. The SMILES string of the molecule is CC1CC12C1=C(CC1)C1C3C=CC(C3)C12. The van der Waals surface area contributed by atoms with Crippen LogP contribution in [0.4, 0.5) is 0 Å².